The van der Waals surface area contributed by atoms with Crippen molar-refractivity contribution in [3.05, 3.63) is 23.8 Å². The number of ketones is 1. The van der Waals surface area contributed by atoms with Crippen molar-refractivity contribution in [1.29, 1.82) is 0 Å². The van der Waals surface area contributed by atoms with Gasteiger partial charge >= 0.3 is 7.60 Å². The molecule has 0 aromatic rings. The van der Waals surface area contributed by atoms with Gasteiger partial charge in [0, 0.05) is 13.0 Å². The van der Waals surface area contributed by atoms with Gasteiger partial charge in [-0.3, -0.25) is 9.36 Å². The molecule has 0 amide bonds. The van der Waals surface area contributed by atoms with E-state index >= 15 is 0 Å². The first-order chi connectivity index (χ1) is 12.5. The zero-order chi connectivity index (χ0) is 18.8. The number of hydrogen-bond donors (Lipinski definition) is 0. The Kier molecular flexibility index (Phi) is 9.23. The van der Waals surface area contributed by atoms with Gasteiger partial charge in [0.05, 0.1) is 19.3 Å². The number of ether oxygens (including phenoxy) is 2. The highest BCUT2D eigenvalue weighted by Gasteiger charge is 2.27. The number of rotatable bonds is 11. The van der Waals surface area contributed by atoms with Crippen LogP contribution in [0, 0.1) is 0 Å². The molecule has 0 aromatic carbocycles. The number of allylic oxidation sites excluding steroid dienone is 2. The molecular formula is C19H31O6P. The minimum Gasteiger partial charge on any atom is -0.353 e. The van der Waals surface area contributed by atoms with E-state index in [1.807, 2.05) is 12.2 Å². The van der Waals surface area contributed by atoms with Gasteiger partial charge in [0.2, 0.25) is 0 Å². The van der Waals surface area contributed by atoms with Crippen molar-refractivity contribution in [2.45, 2.75) is 64.8 Å². The maximum Gasteiger partial charge on any atom is 0.338 e. The highest BCUT2D eigenvalue weighted by atomic mass is 31.2. The maximum atomic E-state index is 12.4. The molecule has 0 N–H and O–H groups in total. The van der Waals surface area contributed by atoms with Crippen LogP contribution in [-0.4, -0.2) is 44.2 Å². The fourth-order valence-electron chi connectivity index (χ4n) is 3.05. The molecule has 2 atom stereocenters. The zero-order valence-corrected chi connectivity index (χ0v) is 16.7. The third-order valence-corrected chi connectivity index (χ3v) is 6.36. The smallest absolute Gasteiger partial charge is 0.338 e. The minimum atomic E-state index is -3.30. The molecule has 26 heavy (non-hydrogen) atoms. The van der Waals surface area contributed by atoms with E-state index < -0.39 is 7.60 Å². The third kappa shape index (κ3) is 7.45. The van der Waals surface area contributed by atoms with Crippen LogP contribution < -0.4 is 0 Å². The van der Waals surface area contributed by atoms with Crippen molar-refractivity contribution in [2.75, 3.05) is 26.0 Å². The van der Waals surface area contributed by atoms with Crippen LogP contribution in [0.15, 0.2) is 23.8 Å². The van der Waals surface area contributed by atoms with E-state index in [4.69, 9.17) is 18.5 Å². The van der Waals surface area contributed by atoms with E-state index in [9.17, 15) is 9.36 Å². The molecule has 0 bridgehead atoms. The van der Waals surface area contributed by atoms with E-state index in [1.54, 1.807) is 13.8 Å². The van der Waals surface area contributed by atoms with E-state index in [-0.39, 0.29) is 37.6 Å². The van der Waals surface area contributed by atoms with Gasteiger partial charge in [-0.15, -0.1) is 0 Å². The van der Waals surface area contributed by atoms with Crippen LogP contribution >= 0.6 is 7.60 Å². The lowest BCUT2D eigenvalue weighted by Crippen LogP contribution is -2.27. The molecule has 1 aliphatic carbocycles. The van der Waals surface area contributed by atoms with E-state index in [0.717, 1.165) is 37.9 Å². The molecule has 2 aliphatic rings. The first kappa shape index (κ1) is 21.5. The Labute approximate surface area is 156 Å². The summed E-state index contributed by atoms with van der Waals surface area (Å²) in [5.41, 5.74) is 1.10. The second-order valence-corrected chi connectivity index (χ2v) is 8.54. The Bertz CT molecular complexity index is 540. The molecule has 0 spiro atoms. The highest BCUT2D eigenvalue weighted by Crippen LogP contribution is 2.48. The average Bonchev–Trinajstić information content (AvgIpc) is 2.62. The van der Waals surface area contributed by atoms with Crippen molar-refractivity contribution in [3.63, 3.8) is 0 Å². The standard InChI is InChI=1S/C19H31O6P/c1-3-23-26(21,24-4-2)15-17(20)11-8-16-9-12-18(13-10-16)25-19-7-5-6-14-22-19/h9-10,12,18-19H,3-8,11,13-15H2,1-2H3. The fourth-order valence-corrected chi connectivity index (χ4v) is 4.68. The van der Waals surface area contributed by atoms with Crippen LogP contribution in [-0.2, 0) is 27.9 Å². The van der Waals surface area contributed by atoms with Gasteiger partial charge in [-0.1, -0.05) is 23.8 Å². The maximum absolute atomic E-state index is 12.4. The summed E-state index contributed by atoms with van der Waals surface area (Å²) >= 11 is 0. The lowest BCUT2D eigenvalue weighted by molar-refractivity contribution is -0.177. The molecule has 2 unspecified atom stereocenters. The second-order valence-electron chi connectivity index (χ2n) is 6.49. The van der Waals surface area contributed by atoms with Gasteiger partial charge in [-0.2, -0.15) is 0 Å². The SMILES string of the molecule is CCOP(=O)(CC(=O)CCC1=CCC(OC2CCCCO2)C=C1)OCC. The molecule has 0 saturated carbocycles. The molecule has 6 nitrogen and oxygen atoms in total. The second kappa shape index (κ2) is 11.2. The molecule has 0 aromatic heterocycles. The van der Waals surface area contributed by atoms with Crippen molar-refractivity contribution in [3.8, 4) is 0 Å². The molecule has 2 rings (SSSR count). The predicted molar refractivity (Wildman–Crippen MR) is 100 cm³/mol. The zero-order valence-electron chi connectivity index (χ0n) is 15.9. The molecular weight excluding hydrogens is 355 g/mol. The third-order valence-electron chi connectivity index (χ3n) is 4.32. The number of Topliss-reactive ketones (excluding diaryl/α,β-unsaturated/α-hetero) is 1. The molecule has 1 fully saturated rings. The highest BCUT2D eigenvalue weighted by molar-refractivity contribution is 7.54. The molecule has 148 valence electrons. The van der Waals surface area contributed by atoms with Gasteiger partial charge in [0.25, 0.3) is 0 Å². The van der Waals surface area contributed by atoms with Crippen molar-refractivity contribution < 1.29 is 27.9 Å². The lowest BCUT2D eigenvalue weighted by atomic mass is 10.00. The van der Waals surface area contributed by atoms with Crippen LogP contribution in [0.25, 0.3) is 0 Å². The number of carbonyl (C=O) groups is 1. The van der Waals surface area contributed by atoms with Crippen LogP contribution in [0.3, 0.4) is 0 Å². The van der Waals surface area contributed by atoms with Crippen LogP contribution in [0.4, 0.5) is 0 Å². The average molecular weight is 386 g/mol. The minimum absolute atomic E-state index is 0.0358. The molecule has 7 heteroatoms. The van der Waals surface area contributed by atoms with Gasteiger partial charge in [-0.25, -0.2) is 0 Å². The summed E-state index contributed by atoms with van der Waals surface area (Å²) in [5.74, 6) is -0.0986. The van der Waals surface area contributed by atoms with Crippen LogP contribution in [0.5, 0.6) is 0 Å². The Balaban J connectivity index is 1.71. The monoisotopic (exact) mass is 386 g/mol. The Hall–Kier alpha value is -0.780. The summed E-state index contributed by atoms with van der Waals surface area (Å²) in [5, 5.41) is 0. The van der Waals surface area contributed by atoms with E-state index in [2.05, 4.69) is 6.08 Å². The van der Waals surface area contributed by atoms with E-state index in [1.165, 1.54) is 0 Å². The van der Waals surface area contributed by atoms with Crippen molar-refractivity contribution in [1.82, 2.24) is 0 Å². The van der Waals surface area contributed by atoms with E-state index in [0.29, 0.717) is 12.8 Å². The summed E-state index contributed by atoms with van der Waals surface area (Å²) in [6.45, 7) is 4.79. The van der Waals surface area contributed by atoms with Crippen molar-refractivity contribution >= 4 is 13.4 Å². The predicted octanol–water partition coefficient (Wildman–Crippen LogP) is 4.40. The van der Waals surface area contributed by atoms with Gasteiger partial charge < -0.3 is 18.5 Å². The molecule has 0 radical (unpaired) electrons. The Morgan fingerprint density at radius 2 is 2.04 bits per heavy atom. The summed E-state index contributed by atoms with van der Waals surface area (Å²) in [4.78, 5) is 12.2. The fraction of sp³-hybridized carbons (Fsp3) is 0.737. The number of hydrogen-bond acceptors (Lipinski definition) is 6. The largest absolute Gasteiger partial charge is 0.353 e. The topological polar surface area (TPSA) is 71.1 Å². The van der Waals surface area contributed by atoms with Crippen LogP contribution in [0.1, 0.15) is 52.4 Å². The summed E-state index contributed by atoms with van der Waals surface area (Å²) in [6, 6.07) is 0. The quantitative estimate of drug-likeness (QED) is 0.490. The summed E-state index contributed by atoms with van der Waals surface area (Å²) in [6.07, 6.45) is 10.9. The van der Waals surface area contributed by atoms with Crippen molar-refractivity contribution in [2.24, 2.45) is 0 Å². The Morgan fingerprint density at radius 1 is 1.27 bits per heavy atom. The summed E-state index contributed by atoms with van der Waals surface area (Å²) in [7, 11) is -3.30. The molecule has 1 heterocycles. The first-order valence-corrected chi connectivity index (χ1v) is 11.3. The summed E-state index contributed by atoms with van der Waals surface area (Å²) < 4.78 is 34.3. The molecule has 1 saturated heterocycles. The van der Waals surface area contributed by atoms with Gasteiger partial charge in [0.15, 0.2) is 6.29 Å². The Morgan fingerprint density at radius 3 is 2.62 bits per heavy atom. The molecule has 1 aliphatic heterocycles. The van der Waals surface area contributed by atoms with Gasteiger partial charge in [-0.05, 0) is 46.0 Å². The normalized spacial score (nSPS) is 23.7. The van der Waals surface area contributed by atoms with Crippen LogP contribution in [0.2, 0.25) is 0 Å². The first-order valence-electron chi connectivity index (χ1n) is 9.58. The lowest BCUT2D eigenvalue weighted by Gasteiger charge is -2.27. The van der Waals surface area contributed by atoms with Gasteiger partial charge in [0.1, 0.15) is 11.9 Å². The number of carbonyl (C=O) groups excluding carboxylic acids is 1.